The minimum Gasteiger partial charge on any atom is -0.397 e. The molecule has 2 unspecified atom stereocenters. The summed E-state index contributed by atoms with van der Waals surface area (Å²) in [6.07, 6.45) is 0.732. The number of anilines is 2. The number of amides is 1. The zero-order chi connectivity index (χ0) is 12.4. The summed E-state index contributed by atoms with van der Waals surface area (Å²) in [4.78, 5) is 12.0. The van der Waals surface area contributed by atoms with Crippen molar-refractivity contribution in [1.82, 2.24) is 0 Å². The van der Waals surface area contributed by atoms with Crippen molar-refractivity contribution in [2.75, 3.05) is 17.7 Å². The fourth-order valence-electron chi connectivity index (χ4n) is 1.93. The SMILES string of the molecule is CC1OCCC1C(=O)Nc1ccc(Cl)c(N)c1. The number of benzene rings is 1. The largest absolute Gasteiger partial charge is 0.397 e. The van der Waals surface area contributed by atoms with E-state index in [0.717, 1.165) is 6.42 Å². The van der Waals surface area contributed by atoms with Crippen molar-refractivity contribution >= 4 is 28.9 Å². The first kappa shape index (κ1) is 12.2. The number of halogens is 1. The summed E-state index contributed by atoms with van der Waals surface area (Å²) in [6.45, 7) is 2.55. The molecule has 0 radical (unpaired) electrons. The first-order valence-corrected chi connectivity index (χ1v) is 5.93. The molecule has 1 heterocycles. The van der Waals surface area contributed by atoms with Gasteiger partial charge in [0.05, 0.1) is 22.7 Å². The van der Waals surface area contributed by atoms with E-state index in [2.05, 4.69) is 5.32 Å². The van der Waals surface area contributed by atoms with E-state index in [9.17, 15) is 4.79 Å². The normalized spacial score (nSPS) is 23.6. The lowest BCUT2D eigenvalue weighted by Crippen LogP contribution is -2.27. The van der Waals surface area contributed by atoms with E-state index < -0.39 is 0 Å². The van der Waals surface area contributed by atoms with Crippen LogP contribution in [0.4, 0.5) is 11.4 Å². The van der Waals surface area contributed by atoms with Crippen molar-refractivity contribution in [2.24, 2.45) is 5.92 Å². The summed E-state index contributed by atoms with van der Waals surface area (Å²) in [5.74, 6) is -0.122. The molecule has 3 N–H and O–H groups in total. The van der Waals surface area contributed by atoms with Gasteiger partial charge in [-0.3, -0.25) is 4.79 Å². The minimum absolute atomic E-state index is 0.0281. The molecule has 1 amide bonds. The van der Waals surface area contributed by atoms with Crippen molar-refractivity contribution in [3.63, 3.8) is 0 Å². The van der Waals surface area contributed by atoms with Gasteiger partial charge in [0.25, 0.3) is 0 Å². The zero-order valence-corrected chi connectivity index (χ0v) is 10.3. The molecule has 2 atom stereocenters. The van der Waals surface area contributed by atoms with Gasteiger partial charge in [-0.05, 0) is 31.5 Å². The molecule has 1 aromatic carbocycles. The molecule has 2 rings (SSSR count). The number of hydrogen-bond acceptors (Lipinski definition) is 3. The highest BCUT2D eigenvalue weighted by Crippen LogP contribution is 2.25. The first-order valence-electron chi connectivity index (χ1n) is 5.55. The first-order chi connectivity index (χ1) is 8.08. The molecule has 1 saturated heterocycles. The van der Waals surface area contributed by atoms with Gasteiger partial charge in [0, 0.05) is 12.3 Å². The van der Waals surface area contributed by atoms with E-state index >= 15 is 0 Å². The summed E-state index contributed by atoms with van der Waals surface area (Å²) < 4.78 is 5.36. The predicted octanol–water partition coefficient (Wildman–Crippen LogP) is 2.29. The number of ether oxygens (including phenoxy) is 1. The molecule has 1 aromatic rings. The third-order valence-electron chi connectivity index (χ3n) is 2.98. The van der Waals surface area contributed by atoms with Crippen LogP contribution in [0.5, 0.6) is 0 Å². The summed E-state index contributed by atoms with van der Waals surface area (Å²) in [5, 5.41) is 3.31. The third-order valence-corrected chi connectivity index (χ3v) is 3.32. The summed E-state index contributed by atoms with van der Waals surface area (Å²) in [5.41, 5.74) is 6.79. The lowest BCUT2D eigenvalue weighted by atomic mass is 10.0. The van der Waals surface area contributed by atoms with E-state index in [1.54, 1.807) is 18.2 Å². The van der Waals surface area contributed by atoms with E-state index in [1.807, 2.05) is 6.92 Å². The Balaban J connectivity index is 2.05. The highest BCUT2D eigenvalue weighted by Gasteiger charge is 2.30. The Morgan fingerprint density at radius 1 is 1.59 bits per heavy atom. The third kappa shape index (κ3) is 2.70. The second-order valence-corrected chi connectivity index (χ2v) is 4.60. The molecule has 0 spiro atoms. The molecule has 0 aliphatic carbocycles. The topological polar surface area (TPSA) is 64.3 Å². The number of carbonyl (C=O) groups is 1. The second-order valence-electron chi connectivity index (χ2n) is 4.20. The van der Waals surface area contributed by atoms with Gasteiger partial charge in [-0.15, -0.1) is 0 Å². The highest BCUT2D eigenvalue weighted by molar-refractivity contribution is 6.33. The fourth-order valence-corrected chi connectivity index (χ4v) is 2.05. The van der Waals surface area contributed by atoms with Crippen LogP contribution in [0.2, 0.25) is 5.02 Å². The van der Waals surface area contributed by atoms with E-state index in [4.69, 9.17) is 22.1 Å². The van der Waals surface area contributed by atoms with Crippen LogP contribution in [0.15, 0.2) is 18.2 Å². The lowest BCUT2D eigenvalue weighted by molar-refractivity contribution is -0.121. The Bertz CT molecular complexity index is 437. The van der Waals surface area contributed by atoms with Crippen molar-refractivity contribution in [1.29, 1.82) is 0 Å². The molecule has 4 nitrogen and oxygen atoms in total. The Morgan fingerprint density at radius 3 is 2.94 bits per heavy atom. The van der Waals surface area contributed by atoms with Gasteiger partial charge in [0.1, 0.15) is 0 Å². The van der Waals surface area contributed by atoms with Crippen LogP contribution in [0.25, 0.3) is 0 Å². The molecule has 92 valence electrons. The Labute approximate surface area is 105 Å². The quantitative estimate of drug-likeness (QED) is 0.796. The maximum Gasteiger partial charge on any atom is 0.230 e. The summed E-state index contributed by atoms with van der Waals surface area (Å²) in [7, 11) is 0. The van der Waals surface area contributed by atoms with Crippen LogP contribution in [-0.2, 0) is 9.53 Å². The summed E-state index contributed by atoms with van der Waals surface area (Å²) >= 11 is 5.81. The zero-order valence-electron chi connectivity index (χ0n) is 9.57. The molecule has 17 heavy (non-hydrogen) atoms. The second kappa shape index (κ2) is 4.94. The monoisotopic (exact) mass is 254 g/mol. The molecule has 0 saturated carbocycles. The Kier molecular flexibility index (Phi) is 3.54. The predicted molar refractivity (Wildman–Crippen MR) is 68.0 cm³/mol. The molecule has 5 heteroatoms. The van der Waals surface area contributed by atoms with Gasteiger partial charge >= 0.3 is 0 Å². The van der Waals surface area contributed by atoms with Crippen molar-refractivity contribution in [2.45, 2.75) is 19.4 Å². The van der Waals surface area contributed by atoms with Crippen LogP contribution >= 0.6 is 11.6 Å². The Morgan fingerprint density at radius 2 is 2.35 bits per heavy atom. The number of rotatable bonds is 2. The smallest absolute Gasteiger partial charge is 0.230 e. The highest BCUT2D eigenvalue weighted by atomic mass is 35.5. The number of hydrogen-bond donors (Lipinski definition) is 2. The van der Waals surface area contributed by atoms with E-state index in [-0.39, 0.29) is 17.9 Å². The summed E-state index contributed by atoms with van der Waals surface area (Å²) in [6, 6.07) is 5.05. The van der Waals surface area contributed by atoms with Crippen molar-refractivity contribution in [3.05, 3.63) is 23.2 Å². The van der Waals surface area contributed by atoms with Gasteiger partial charge in [-0.1, -0.05) is 11.6 Å². The molecule has 1 aliphatic rings. The van der Waals surface area contributed by atoms with Crippen LogP contribution in [0.3, 0.4) is 0 Å². The maximum atomic E-state index is 12.0. The van der Waals surface area contributed by atoms with Gasteiger partial charge in [0.15, 0.2) is 0 Å². The number of carbonyl (C=O) groups excluding carboxylic acids is 1. The average molecular weight is 255 g/mol. The van der Waals surface area contributed by atoms with Gasteiger partial charge < -0.3 is 15.8 Å². The number of nitrogens with two attached hydrogens (primary N) is 1. The van der Waals surface area contributed by atoms with Crippen molar-refractivity contribution in [3.8, 4) is 0 Å². The van der Waals surface area contributed by atoms with Gasteiger partial charge in [0.2, 0.25) is 5.91 Å². The minimum atomic E-state index is -0.0908. The van der Waals surface area contributed by atoms with Gasteiger partial charge in [-0.25, -0.2) is 0 Å². The fraction of sp³-hybridized carbons (Fsp3) is 0.417. The molecule has 1 fully saturated rings. The number of nitrogens with one attached hydrogen (secondary N) is 1. The molecule has 0 aromatic heterocycles. The van der Waals surface area contributed by atoms with Crippen LogP contribution in [-0.4, -0.2) is 18.6 Å². The van der Waals surface area contributed by atoms with Crippen molar-refractivity contribution < 1.29 is 9.53 Å². The molecule has 0 bridgehead atoms. The van der Waals surface area contributed by atoms with E-state index in [1.165, 1.54) is 0 Å². The number of nitrogen functional groups attached to an aromatic ring is 1. The van der Waals surface area contributed by atoms with Crippen LogP contribution in [0.1, 0.15) is 13.3 Å². The molecular weight excluding hydrogens is 240 g/mol. The van der Waals surface area contributed by atoms with Crippen LogP contribution < -0.4 is 11.1 Å². The lowest BCUT2D eigenvalue weighted by Gasteiger charge is -2.14. The standard InChI is InChI=1S/C12H15ClN2O2/c1-7-9(4-5-17-7)12(16)15-8-2-3-10(13)11(14)6-8/h2-3,6-7,9H,4-5,14H2,1H3,(H,15,16). The average Bonchev–Trinajstić information content (AvgIpc) is 2.70. The van der Waals surface area contributed by atoms with Crippen LogP contribution in [0, 0.1) is 5.92 Å². The molecular formula is C12H15ClN2O2. The molecule has 1 aliphatic heterocycles. The Hall–Kier alpha value is -1.26. The van der Waals surface area contributed by atoms with E-state index in [0.29, 0.717) is 23.0 Å². The maximum absolute atomic E-state index is 12.0. The van der Waals surface area contributed by atoms with Gasteiger partial charge in [-0.2, -0.15) is 0 Å².